The summed E-state index contributed by atoms with van der Waals surface area (Å²) in [6.07, 6.45) is 4.98. The molecule has 0 spiro atoms. The van der Waals surface area contributed by atoms with Crippen LogP contribution in [-0.2, 0) is 9.53 Å². The van der Waals surface area contributed by atoms with Crippen LogP contribution in [0, 0.1) is 11.3 Å². The molecule has 0 aliphatic rings. The summed E-state index contributed by atoms with van der Waals surface area (Å²) in [6.45, 7) is 2.31. The van der Waals surface area contributed by atoms with Gasteiger partial charge in [0.25, 0.3) is 0 Å². The molecule has 0 aromatic carbocycles. The first-order valence-electron chi connectivity index (χ1n) is 6.60. The van der Waals surface area contributed by atoms with Gasteiger partial charge in [0, 0.05) is 26.6 Å². The lowest BCUT2D eigenvalue weighted by molar-refractivity contribution is -0.131. The Morgan fingerprint density at radius 3 is 2.61 bits per heavy atom. The van der Waals surface area contributed by atoms with E-state index in [-0.39, 0.29) is 5.91 Å². The Balaban J connectivity index is 3.85. The van der Waals surface area contributed by atoms with Crippen LogP contribution in [0.3, 0.4) is 0 Å². The van der Waals surface area contributed by atoms with Gasteiger partial charge in [-0.25, -0.2) is 0 Å². The normalized spacial score (nSPS) is 10.1. The first-order chi connectivity index (χ1) is 8.76. The fraction of sp³-hybridized carbons (Fsp3) is 0.846. The lowest BCUT2D eigenvalue weighted by atomic mass is 10.1. The van der Waals surface area contributed by atoms with Gasteiger partial charge in [0.1, 0.15) is 0 Å². The number of amides is 1. The van der Waals surface area contributed by atoms with E-state index in [1.54, 1.807) is 12.0 Å². The molecule has 2 N–H and O–H groups in total. The minimum Gasteiger partial charge on any atom is -0.383 e. The molecule has 0 bridgehead atoms. The highest BCUT2D eigenvalue weighted by Gasteiger charge is 2.12. The largest absolute Gasteiger partial charge is 0.383 e. The number of carbonyl (C=O) groups excluding carboxylic acids is 1. The van der Waals surface area contributed by atoms with Crippen molar-refractivity contribution < 1.29 is 9.53 Å². The van der Waals surface area contributed by atoms with Gasteiger partial charge in [0.05, 0.1) is 19.1 Å². The molecule has 0 unspecified atom stereocenters. The van der Waals surface area contributed by atoms with E-state index in [1.165, 1.54) is 0 Å². The third-order valence-electron chi connectivity index (χ3n) is 2.76. The van der Waals surface area contributed by atoms with Gasteiger partial charge in [-0.2, -0.15) is 5.26 Å². The van der Waals surface area contributed by atoms with Crippen LogP contribution in [0.2, 0.25) is 0 Å². The Hall–Kier alpha value is -1.12. The van der Waals surface area contributed by atoms with Gasteiger partial charge in [-0.05, 0) is 19.4 Å². The summed E-state index contributed by atoms with van der Waals surface area (Å²) < 4.78 is 4.97. The molecular formula is C13H25N3O2. The molecule has 18 heavy (non-hydrogen) atoms. The summed E-state index contributed by atoms with van der Waals surface area (Å²) in [5, 5.41) is 8.56. The predicted molar refractivity (Wildman–Crippen MR) is 70.8 cm³/mol. The zero-order valence-electron chi connectivity index (χ0n) is 11.4. The van der Waals surface area contributed by atoms with Gasteiger partial charge in [-0.1, -0.05) is 12.8 Å². The van der Waals surface area contributed by atoms with Crippen molar-refractivity contribution >= 4 is 5.91 Å². The number of nitrogens with zero attached hydrogens (tertiary/aromatic N) is 2. The zero-order chi connectivity index (χ0) is 13.6. The highest BCUT2D eigenvalue weighted by molar-refractivity contribution is 5.76. The van der Waals surface area contributed by atoms with Gasteiger partial charge >= 0.3 is 0 Å². The molecule has 0 aliphatic heterocycles. The first kappa shape index (κ1) is 16.9. The molecule has 104 valence electrons. The molecule has 0 fully saturated rings. The van der Waals surface area contributed by atoms with Crippen molar-refractivity contribution in [3.05, 3.63) is 0 Å². The van der Waals surface area contributed by atoms with Crippen LogP contribution in [0.15, 0.2) is 0 Å². The molecule has 0 saturated carbocycles. The Morgan fingerprint density at radius 2 is 2.00 bits per heavy atom. The lowest BCUT2D eigenvalue weighted by Gasteiger charge is -2.21. The molecule has 0 heterocycles. The first-order valence-corrected chi connectivity index (χ1v) is 6.60. The van der Waals surface area contributed by atoms with E-state index in [0.717, 1.165) is 32.2 Å². The van der Waals surface area contributed by atoms with Crippen LogP contribution in [-0.4, -0.2) is 44.2 Å². The van der Waals surface area contributed by atoms with E-state index < -0.39 is 0 Å². The van der Waals surface area contributed by atoms with Gasteiger partial charge in [-0.15, -0.1) is 0 Å². The van der Waals surface area contributed by atoms with Crippen LogP contribution in [0.4, 0.5) is 0 Å². The van der Waals surface area contributed by atoms with Crippen molar-refractivity contribution in [3.8, 4) is 6.07 Å². The van der Waals surface area contributed by atoms with Crippen LogP contribution < -0.4 is 5.73 Å². The van der Waals surface area contributed by atoms with Crippen molar-refractivity contribution in [2.45, 2.75) is 38.5 Å². The SMILES string of the molecule is COCCN(CCC#N)C(=O)CCCCCCN. The summed E-state index contributed by atoms with van der Waals surface area (Å²) in [7, 11) is 1.61. The van der Waals surface area contributed by atoms with Crippen LogP contribution in [0.1, 0.15) is 38.5 Å². The average molecular weight is 255 g/mol. The summed E-state index contributed by atoms with van der Waals surface area (Å²) in [5.41, 5.74) is 5.41. The molecule has 0 rings (SSSR count). The van der Waals surface area contributed by atoms with Gasteiger partial charge in [0.2, 0.25) is 5.91 Å². The molecule has 5 heteroatoms. The molecule has 0 aliphatic carbocycles. The second kappa shape index (κ2) is 12.3. The monoisotopic (exact) mass is 255 g/mol. The maximum atomic E-state index is 11.9. The molecule has 0 aromatic heterocycles. The van der Waals surface area contributed by atoms with Gasteiger partial charge < -0.3 is 15.4 Å². The highest BCUT2D eigenvalue weighted by Crippen LogP contribution is 2.05. The van der Waals surface area contributed by atoms with Crippen LogP contribution in [0.5, 0.6) is 0 Å². The third-order valence-corrected chi connectivity index (χ3v) is 2.76. The van der Waals surface area contributed by atoms with Gasteiger partial charge in [0.15, 0.2) is 0 Å². The number of hydrogen-bond acceptors (Lipinski definition) is 4. The Morgan fingerprint density at radius 1 is 1.28 bits per heavy atom. The predicted octanol–water partition coefficient (Wildman–Crippen LogP) is 1.28. The highest BCUT2D eigenvalue weighted by atomic mass is 16.5. The average Bonchev–Trinajstić information content (AvgIpc) is 2.38. The van der Waals surface area contributed by atoms with Crippen molar-refractivity contribution in [2.75, 3.05) is 33.4 Å². The molecule has 0 saturated heterocycles. The fourth-order valence-electron chi connectivity index (χ4n) is 1.68. The molecule has 5 nitrogen and oxygen atoms in total. The maximum absolute atomic E-state index is 11.9. The van der Waals surface area contributed by atoms with E-state index in [4.69, 9.17) is 15.7 Å². The quantitative estimate of drug-likeness (QED) is 0.564. The standard InChI is InChI=1S/C13H25N3O2/c1-18-12-11-16(10-6-9-15)13(17)7-4-2-3-5-8-14/h2-8,10-12,14H2,1H3. The van der Waals surface area contributed by atoms with Crippen molar-refractivity contribution in [3.63, 3.8) is 0 Å². The summed E-state index contributed by atoms with van der Waals surface area (Å²) in [4.78, 5) is 13.6. The summed E-state index contributed by atoms with van der Waals surface area (Å²) in [6, 6.07) is 2.06. The lowest BCUT2D eigenvalue weighted by Crippen LogP contribution is -2.34. The van der Waals surface area contributed by atoms with Crippen molar-refractivity contribution in [1.82, 2.24) is 4.90 Å². The maximum Gasteiger partial charge on any atom is 0.222 e. The Kier molecular flexibility index (Phi) is 11.6. The second-order valence-electron chi connectivity index (χ2n) is 4.23. The number of unbranched alkanes of at least 4 members (excludes halogenated alkanes) is 3. The molecule has 0 aromatic rings. The van der Waals surface area contributed by atoms with Crippen molar-refractivity contribution in [2.24, 2.45) is 5.73 Å². The minimum atomic E-state index is 0.120. The number of rotatable bonds is 11. The number of nitriles is 1. The van der Waals surface area contributed by atoms with Crippen LogP contribution >= 0.6 is 0 Å². The number of nitrogens with two attached hydrogens (primary N) is 1. The number of ether oxygens (including phenoxy) is 1. The fourth-order valence-corrected chi connectivity index (χ4v) is 1.68. The summed E-state index contributed by atoms with van der Waals surface area (Å²) in [5.74, 6) is 0.120. The molecular weight excluding hydrogens is 230 g/mol. The molecule has 0 atom stereocenters. The van der Waals surface area contributed by atoms with E-state index in [1.807, 2.05) is 0 Å². The molecule has 0 radical (unpaired) electrons. The number of methoxy groups -OCH3 is 1. The van der Waals surface area contributed by atoms with Gasteiger partial charge in [-0.3, -0.25) is 4.79 Å². The number of carbonyl (C=O) groups is 1. The van der Waals surface area contributed by atoms with Crippen LogP contribution in [0.25, 0.3) is 0 Å². The van der Waals surface area contributed by atoms with Crippen molar-refractivity contribution in [1.29, 1.82) is 5.26 Å². The Labute approximate surface area is 110 Å². The molecule has 1 amide bonds. The third kappa shape index (κ3) is 8.97. The van der Waals surface area contributed by atoms with E-state index in [2.05, 4.69) is 6.07 Å². The summed E-state index contributed by atoms with van der Waals surface area (Å²) >= 11 is 0. The topological polar surface area (TPSA) is 79.3 Å². The minimum absolute atomic E-state index is 0.120. The van der Waals surface area contributed by atoms with E-state index in [0.29, 0.717) is 32.5 Å². The number of hydrogen-bond donors (Lipinski definition) is 1. The van der Waals surface area contributed by atoms with E-state index >= 15 is 0 Å². The second-order valence-corrected chi connectivity index (χ2v) is 4.23. The van der Waals surface area contributed by atoms with E-state index in [9.17, 15) is 4.79 Å². The Bertz CT molecular complexity index is 251. The smallest absolute Gasteiger partial charge is 0.222 e. The zero-order valence-corrected chi connectivity index (χ0v) is 11.4.